The molecule has 0 aromatic carbocycles. The summed E-state index contributed by atoms with van der Waals surface area (Å²) in [5, 5.41) is 3.04. The van der Waals surface area contributed by atoms with Crippen LogP contribution in [0.25, 0.3) is 0 Å². The second-order valence-electron chi connectivity index (χ2n) is 25.7. The van der Waals surface area contributed by atoms with Crippen LogP contribution in [-0.2, 0) is 27.9 Å². The van der Waals surface area contributed by atoms with E-state index in [9.17, 15) is 19.0 Å². The molecule has 1 N–H and O–H groups in total. The Hall–Kier alpha value is -3.85. The quantitative estimate of drug-likeness (QED) is 0.0212. The summed E-state index contributed by atoms with van der Waals surface area (Å²) in [5.74, 6) is -0.560. The van der Waals surface area contributed by atoms with E-state index in [4.69, 9.17) is 13.8 Å². The highest BCUT2D eigenvalue weighted by Gasteiger charge is 2.27. The minimum atomic E-state index is -4.72. The van der Waals surface area contributed by atoms with Gasteiger partial charge in [-0.2, -0.15) is 0 Å². The smallest absolute Gasteiger partial charge is 0.306 e. The molecule has 3 unspecified atom stereocenters. The molecule has 0 heterocycles. The number of phosphoric acid groups is 1. The maximum absolute atomic E-state index is 13.6. The topological polar surface area (TPSA) is 114 Å². The average Bonchev–Trinajstić information content (AvgIpc) is 3.04. The van der Waals surface area contributed by atoms with Crippen molar-refractivity contribution in [1.82, 2.24) is 5.32 Å². The van der Waals surface area contributed by atoms with Gasteiger partial charge >= 0.3 is 5.97 Å². The van der Waals surface area contributed by atoms with Gasteiger partial charge in [-0.25, -0.2) is 0 Å². The molecular weight excluding hydrogens is 1130 g/mol. The van der Waals surface area contributed by atoms with E-state index in [2.05, 4.69) is 148 Å². The molecule has 0 aromatic heterocycles. The van der Waals surface area contributed by atoms with Gasteiger partial charge in [0, 0.05) is 12.8 Å². The molecule has 0 saturated heterocycles. The Morgan fingerprint density at radius 3 is 1.09 bits per heavy atom. The molecule has 1 amide bonds. The van der Waals surface area contributed by atoms with Crippen LogP contribution in [0.4, 0.5) is 0 Å². The summed E-state index contributed by atoms with van der Waals surface area (Å²) in [6.45, 7) is 6.70. The van der Waals surface area contributed by atoms with E-state index in [1.165, 1.54) is 135 Å². The van der Waals surface area contributed by atoms with Gasteiger partial charge < -0.3 is 28.5 Å². The van der Waals surface area contributed by atoms with Crippen LogP contribution in [-0.4, -0.2) is 69.4 Å². The number of esters is 1. The van der Waals surface area contributed by atoms with Crippen molar-refractivity contribution in [2.45, 2.75) is 322 Å². The first-order chi connectivity index (χ1) is 43.9. The number of hydrogen-bond acceptors (Lipinski definition) is 7. The van der Waals surface area contributed by atoms with E-state index in [0.29, 0.717) is 17.4 Å². The number of nitrogens with zero attached hydrogens (tertiary/aromatic N) is 1. The normalized spacial score (nSPS) is 14.3. The maximum atomic E-state index is 13.6. The SMILES string of the molecule is CC/C=C\C/C=C\C/C=C\C/C=C\C/C=C\C/C=C\CCCCCCCCCCC(=O)NC(COP(=O)([O-])OCC[N+](C)(C)C)C(/C=C/CCCCCCCCCCCC)OC(=O)CCCCCCCCCCC/C=C\C/C=C\C/C=C\C/C=C\CCCCC. The number of carbonyl (C=O) groups is 2. The summed E-state index contributed by atoms with van der Waals surface area (Å²) < 4.78 is 30.5. The Bertz CT molecular complexity index is 2000. The number of carbonyl (C=O) groups excluding carboxylic acids is 2. The molecule has 3 atom stereocenters. The van der Waals surface area contributed by atoms with E-state index in [-0.39, 0.29) is 24.9 Å². The summed E-state index contributed by atoms with van der Waals surface area (Å²) in [7, 11) is 1.16. The Morgan fingerprint density at radius 1 is 0.400 bits per heavy atom. The number of nitrogens with one attached hydrogen (secondary N) is 1. The van der Waals surface area contributed by atoms with Gasteiger partial charge in [-0.3, -0.25) is 14.2 Å². The van der Waals surface area contributed by atoms with E-state index in [0.717, 1.165) is 141 Å². The highest BCUT2D eigenvalue weighted by molar-refractivity contribution is 7.45. The van der Waals surface area contributed by atoms with Crippen LogP contribution in [0.2, 0.25) is 0 Å². The minimum Gasteiger partial charge on any atom is -0.756 e. The summed E-state index contributed by atoms with van der Waals surface area (Å²) in [5.41, 5.74) is 0. The van der Waals surface area contributed by atoms with Crippen molar-refractivity contribution in [2.75, 3.05) is 40.9 Å². The fourth-order valence-electron chi connectivity index (χ4n) is 10.2. The van der Waals surface area contributed by atoms with E-state index >= 15 is 0 Å². The third-order valence-electron chi connectivity index (χ3n) is 15.8. The van der Waals surface area contributed by atoms with Crippen LogP contribution < -0.4 is 10.2 Å². The number of hydrogen-bond donors (Lipinski definition) is 1. The van der Waals surface area contributed by atoms with Gasteiger partial charge in [0.05, 0.1) is 33.8 Å². The first-order valence-electron chi connectivity index (χ1n) is 37.0. The van der Waals surface area contributed by atoms with Crippen LogP contribution in [0, 0.1) is 0 Å². The molecule has 0 bridgehead atoms. The standard InChI is InChI=1S/C80H139N2O7P/c1-7-10-13-16-19-22-25-28-30-32-34-36-38-40-41-43-44-46-48-50-52-54-57-60-63-66-69-72-79(83)81-77(76-88-90(85,86)87-75-74-82(4,5)6)78(71-68-65-62-59-56-27-24-21-18-15-12-9-3)89-80(84)73-70-67-64-61-58-55-53-51-49-47-45-42-39-37-35-33-31-29-26-23-20-17-14-11-8-2/h10,13,19-20,22-23,28-31,34-37,40-42,44-46,68,71,77-78H,7-9,11-12,14-18,21,24-27,32-33,38-39,43,47-67,69-70,72-76H2,1-6H3,(H-,81,83,85,86)/b13-10-,22-19-,23-20-,30-28-,31-29-,36-34-,37-35-,41-40-,45-42-,46-44-,71-68+. The molecule has 0 aliphatic rings. The fourth-order valence-corrected chi connectivity index (χ4v) is 10.9. The van der Waals surface area contributed by atoms with Crippen molar-refractivity contribution < 1.29 is 37.3 Å². The van der Waals surface area contributed by atoms with Crippen LogP contribution in [0.15, 0.2) is 134 Å². The van der Waals surface area contributed by atoms with Crippen molar-refractivity contribution in [3.05, 3.63) is 134 Å². The number of amides is 1. The van der Waals surface area contributed by atoms with Gasteiger partial charge in [-0.15, -0.1) is 0 Å². The van der Waals surface area contributed by atoms with Crippen molar-refractivity contribution in [3.63, 3.8) is 0 Å². The van der Waals surface area contributed by atoms with Crippen molar-refractivity contribution in [1.29, 1.82) is 0 Å². The number of allylic oxidation sites excluding steroid dienone is 21. The predicted octanol–water partition coefficient (Wildman–Crippen LogP) is 23.3. The molecule has 0 aromatic rings. The zero-order chi connectivity index (χ0) is 65.6. The average molecular weight is 1270 g/mol. The van der Waals surface area contributed by atoms with E-state index in [1.807, 2.05) is 33.3 Å². The number of ether oxygens (including phenoxy) is 1. The van der Waals surface area contributed by atoms with Crippen molar-refractivity contribution in [3.8, 4) is 0 Å². The lowest BCUT2D eigenvalue weighted by molar-refractivity contribution is -0.870. The number of quaternary nitrogens is 1. The molecular formula is C80H139N2O7P. The maximum Gasteiger partial charge on any atom is 0.306 e. The Balaban J connectivity index is 5.08. The van der Waals surface area contributed by atoms with Crippen LogP contribution in [0.3, 0.4) is 0 Å². The molecule has 90 heavy (non-hydrogen) atoms. The van der Waals surface area contributed by atoms with Gasteiger partial charge in [-0.1, -0.05) is 302 Å². The van der Waals surface area contributed by atoms with Crippen molar-refractivity contribution in [2.24, 2.45) is 0 Å². The number of likely N-dealkylation sites (N-methyl/N-ethyl adjacent to an activating group) is 1. The third-order valence-corrected chi connectivity index (χ3v) is 16.8. The van der Waals surface area contributed by atoms with E-state index < -0.39 is 26.6 Å². The fraction of sp³-hybridized carbons (Fsp3) is 0.700. The van der Waals surface area contributed by atoms with Gasteiger partial charge in [0.2, 0.25) is 5.91 Å². The molecule has 10 heteroatoms. The highest BCUT2D eigenvalue weighted by atomic mass is 31.2. The molecule has 0 rings (SSSR count). The Morgan fingerprint density at radius 2 is 0.711 bits per heavy atom. The largest absolute Gasteiger partial charge is 0.756 e. The molecule has 0 fully saturated rings. The zero-order valence-electron chi connectivity index (χ0n) is 59.0. The summed E-state index contributed by atoms with van der Waals surface area (Å²) in [6.07, 6.45) is 97.1. The number of unbranched alkanes of at least 4 members (excludes halogenated alkanes) is 30. The van der Waals surface area contributed by atoms with Crippen LogP contribution in [0.1, 0.15) is 310 Å². The number of phosphoric ester groups is 1. The highest BCUT2D eigenvalue weighted by Crippen LogP contribution is 2.38. The summed E-state index contributed by atoms with van der Waals surface area (Å²) in [4.78, 5) is 40.3. The van der Waals surface area contributed by atoms with Crippen LogP contribution in [0.5, 0.6) is 0 Å². The predicted molar refractivity (Wildman–Crippen MR) is 390 cm³/mol. The number of rotatable bonds is 66. The third kappa shape index (κ3) is 68.5. The zero-order valence-corrected chi connectivity index (χ0v) is 59.9. The molecule has 516 valence electrons. The molecule has 0 aliphatic heterocycles. The second-order valence-corrected chi connectivity index (χ2v) is 27.1. The van der Waals surface area contributed by atoms with Gasteiger partial charge in [-0.05, 0) is 128 Å². The second kappa shape index (κ2) is 68.0. The first kappa shape index (κ1) is 86.2. The minimum absolute atomic E-state index is 0.0316. The molecule has 0 saturated carbocycles. The lowest BCUT2D eigenvalue weighted by Gasteiger charge is -2.30. The molecule has 0 spiro atoms. The lowest BCUT2D eigenvalue weighted by Crippen LogP contribution is -2.47. The lowest BCUT2D eigenvalue weighted by atomic mass is 10.0. The van der Waals surface area contributed by atoms with Crippen LogP contribution >= 0.6 is 7.82 Å². The van der Waals surface area contributed by atoms with Crippen molar-refractivity contribution >= 4 is 19.7 Å². The van der Waals surface area contributed by atoms with E-state index in [1.54, 1.807) is 0 Å². The molecule has 0 aliphatic carbocycles. The first-order valence-corrected chi connectivity index (χ1v) is 38.5. The summed E-state index contributed by atoms with van der Waals surface area (Å²) >= 11 is 0. The molecule has 9 nitrogen and oxygen atoms in total. The summed E-state index contributed by atoms with van der Waals surface area (Å²) in [6, 6.07) is -0.906. The Kier molecular flexibility index (Phi) is 65.1. The van der Waals surface area contributed by atoms with Gasteiger partial charge in [0.1, 0.15) is 19.3 Å². The monoisotopic (exact) mass is 1270 g/mol. The Labute approximate surface area is 556 Å². The van der Waals surface area contributed by atoms with Gasteiger partial charge in [0.15, 0.2) is 0 Å². The molecule has 0 radical (unpaired) electrons. The van der Waals surface area contributed by atoms with Gasteiger partial charge in [0.25, 0.3) is 7.82 Å².